The molecule has 12 heteroatoms. The van der Waals surface area contributed by atoms with Crippen molar-refractivity contribution in [2.45, 2.75) is 57.4 Å². The molecule has 4 heterocycles. The molecule has 2 aliphatic heterocycles. The highest BCUT2D eigenvalue weighted by molar-refractivity contribution is 7.89. The zero-order chi connectivity index (χ0) is 27.6. The quantitative estimate of drug-likeness (QED) is 0.406. The second-order valence-electron chi connectivity index (χ2n) is 11.6. The Kier molecular flexibility index (Phi) is 7.77. The van der Waals surface area contributed by atoms with E-state index in [1.165, 1.54) is 6.33 Å². The zero-order valence-electron chi connectivity index (χ0n) is 22.9. The number of fused-ring (bicyclic) bond motifs is 1. The Morgan fingerprint density at radius 2 is 1.87 bits per heavy atom. The van der Waals surface area contributed by atoms with Gasteiger partial charge in [0, 0.05) is 32.2 Å². The molecule has 1 atom stereocenters. The lowest BCUT2D eigenvalue weighted by molar-refractivity contribution is -0.120. The van der Waals surface area contributed by atoms with Crippen LogP contribution in [0.15, 0.2) is 41.7 Å². The van der Waals surface area contributed by atoms with Crippen LogP contribution in [0.5, 0.6) is 0 Å². The molecule has 3 N–H and O–H groups in total. The number of H-pyrrole nitrogens is 1. The van der Waals surface area contributed by atoms with Crippen molar-refractivity contribution in [2.75, 3.05) is 42.9 Å². The van der Waals surface area contributed by atoms with Gasteiger partial charge in [0.15, 0.2) is 5.65 Å². The number of rotatable bonds is 7. The molecule has 210 valence electrons. The van der Waals surface area contributed by atoms with Crippen molar-refractivity contribution in [3.05, 3.63) is 36.8 Å². The minimum atomic E-state index is -3.68. The molecule has 0 unspecified atom stereocenters. The fourth-order valence-electron chi connectivity index (χ4n) is 5.68. The van der Waals surface area contributed by atoms with Crippen LogP contribution in [0, 0.1) is 11.3 Å². The molecule has 5 rings (SSSR count). The first-order valence-corrected chi connectivity index (χ1v) is 15.1. The SMILES string of the molecule is CC(C)(C)C1CCN(S(=O)(=O)c2ccccc2NCC(=O)N[C@@H]2CCCN(c3ncnc4[nH]ncc34)C2)CC1. The molecule has 39 heavy (non-hydrogen) atoms. The van der Waals surface area contributed by atoms with Crippen LogP contribution in [-0.2, 0) is 14.8 Å². The average molecular weight is 555 g/mol. The number of carbonyl (C=O) groups is 1. The van der Waals surface area contributed by atoms with Crippen molar-refractivity contribution in [1.82, 2.24) is 29.8 Å². The number of carbonyl (C=O) groups excluding carboxylic acids is 1. The van der Waals surface area contributed by atoms with E-state index in [0.29, 0.717) is 36.9 Å². The number of benzene rings is 1. The lowest BCUT2D eigenvalue weighted by Crippen LogP contribution is -2.49. The Bertz CT molecular complexity index is 1410. The molecule has 1 amide bonds. The zero-order valence-corrected chi connectivity index (χ0v) is 23.7. The van der Waals surface area contributed by atoms with Crippen molar-refractivity contribution in [1.29, 1.82) is 0 Å². The van der Waals surface area contributed by atoms with Gasteiger partial charge in [0.1, 0.15) is 17.0 Å². The predicted molar refractivity (Wildman–Crippen MR) is 151 cm³/mol. The number of sulfonamides is 1. The van der Waals surface area contributed by atoms with Gasteiger partial charge in [-0.15, -0.1) is 0 Å². The van der Waals surface area contributed by atoms with Crippen LogP contribution in [0.25, 0.3) is 11.0 Å². The van der Waals surface area contributed by atoms with E-state index in [4.69, 9.17) is 0 Å². The minimum Gasteiger partial charge on any atom is -0.375 e. The monoisotopic (exact) mass is 554 g/mol. The van der Waals surface area contributed by atoms with E-state index in [2.05, 4.69) is 56.5 Å². The van der Waals surface area contributed by atoms with Gasteiger partial charge in [0.2, 0.25) is 15.9 Å². The normalized spacial score (nSPS) is 19.8. The molecule has 0 bridgehead atoms. The third kappa shape index (κ3) is 6.01. The highest BCUT2D eigenvalue weighted by Crippen LogP contribution is 2.36. The van der Waals surface area contributed by atoms with E-state index in [9.17, 15) is 13.2 Å². The number of piperidine rings is 2. The highest BCUT2D eigenvalue weighted by atomic mass is 32.2. The van der Waals surface area contributed by atoms with E-state index in [1.807, 2.05) is 0 Å². The fraction of sp³-hybridized carbons (Fsp3) is 0.556. The highest BCUT2D eigenvalue weighted by Gasteiger charge is 2.35. The van der Waals surface area contributed by atoms with Crippen LogP contribution < -0.4 is 15.5 Å². The van der Waals surface area contributed by atoms with Crippen molar-refractivity contribution >= 4 is 38.5 Å². The van der Waals surface area contributed by atoms with Crippen molar-refractivity contribution < 1.29 is 13.2 Å². The Morgan fingerprint density at radius 1 is 1.10 bits per heavy atom. The number of para-hydroxylation sites is 1. The summed E-state index contributed by atoms with van der Waals surface area (Å²) in [5.41, 5.74) is 1.29. The van der Waals surface area contributed by atoms with Gasteiger partial charge in [-0.25, -0.2) is 18.4 Å². The lowest BCUT2D eigenvalue weighted by atomic mass is 9.76. The topological polar surface area (TPSA) is 136 Å². The van der Waals surface area contributed by atoms with Gasteiger partial charge in [-0.2, -0.15) is 9.40 Å². The fourth-order valence-corrected chi connectivity index (χ4v) is 7.32. The van der Waals surface area contributed by atoms with Crippen molar-refractivity contribution in [2.24, 2.45) is 11.3 Å². The van der Waals surface area contributed by atoms with Crippen LogP contribution in [0.1, 0.15) is 46.5 Å². The largest absolute Gasteiger partial charge is 0.375 e. The van der Waals surface area contributed by atoms with Crippen LogP contribution in [0.2, 0.25) is 0 Å². The first-order valence-electron chi connectivity index (χ1n) is 13.6. The number of hydrogen-bond donors (Lipinski definition) is 3. The van der Waals surface area contributed by atoms with Gasteiger partial charge >= 0.3 is 0 Å². The first-order chi connectivity index (χ1) is 18.6. The molecule has 2 fully saturated rings. The number of aromatic amines is 1. The standard InChI is InChI=1S/C27H38N8O3S/c1-27(2,3)19-10-13-35(14-11-19)39(37,38)23-9-5-4-8-22(23)28-16-24(36)32-20-7-6-12-34(17-20)26-21-15-31-33-25(21)29-18-30-26/h4-5,8-9,15,18-20,28H,6-7,10-14,16-17H2,1-3H3,(H,32,36)(H,29,30,31,33)/t20-/m1/s1. The molecule has 2 saturated heterocycles. The molecular formula is C27H38N8O3S. The minimum absolute atomic E-state index is 0.0192. The van der Waals surface area contributed by atoms with E-state index < -0.39 is 10.0 Å². The Balaban J connectivity index is 1.19. The third-order valence-corrected chi connectivity index (χ3v) is 9.89. The number of amides is 1. The van der Waals surface area contributed by atoms with Gasteiger partial charge in [0.05, 0.1) is 23.8 Å². The summed E-state index contributed by atoms with van der Waals surface area (Å²) >= 11 is 0. The average Bonchev–Trinajstić information content (AvgIpc) is 3.41. The van der Waals surface area contributed by atoms with Gasteiger partial charge in [-0.3, -0.25) is 9.89 Å². The summed E-state index contributed by atoms with van der Waals surface area (Å²) in [5, 5.41) is 14.0. The van der Waals surface area contributed by atoms with E-state index >= 15 is 0 Å². The maximum absolute atomic E-state index is 13.5. The van der Waals surface area contributed by atoms with Gasteiger partial charge in [0.25, 0.3) is 0 Å². The van der Waals surface area contributed by atoms with E-state index in [0.717, 1.165) is 43.4 Å². The number of hydrogen-bond acceptors (Lipinski definition) is 8. The number of nitrogens with one attached hydrogen (secondary N) is 3. The van der Waals surface area contributed by atoms with Crippen molar-refractivity contribution in [3.63, 3.8) is 0 Å². The molecule has 0 spiro atoms. The van der Waals surface area contributed by atoms with Crippen LogP contribution >= 0.6 is 0 Å². The summed E-state index contributed by atoms with van der Waals surface area (Å²) in [6, 6.07) is 6.79. The smallest absolute Gasteiger partial charge is 0.245 e. The lowest BCUT2D eigenvalue weighted by Gasteiger charge is -2.38. The first kappa shape index (κ1) is 27.3. The molecule has 0 aliphatic carbocycles. The summed E-state index contributed by atoms with van der Waals surface area (Å²) in [4.78, 5) is 23.9. The Morgan fingerprint density at radius 3 is 2.64 bits per heavy atom. The Hall–Kier alpha value is -3.25. The summed E-state index contributed by atoms with van der Waals surface area (Å²) in [5.74, 6) is 1.12. The maximum atomic E-state index is 13.5. The van der Waals surface area contributed by atoms with Crippen LogP contribution in [0.3, 0.4) is 0 Å². The summed E-state index contributed by atoms with van der Waals surface area (Å²) < 4.78 is 28.6. The second-order valence-corrected chi connectivity index (χ2v) is 13.5. The molecule has 2 aromatic heterocycles. The van der Waals surface area contributed by atoms with Gasteiger partial charge < -0.3 is 15.5 Å². The second kappa shape index (κ2) is 11.1. The molecular weight excluding hydrogens is 516 g/mol. The number of aromatic nitrogens is 4. The summed E-state index contributed by atoms with van der Waals surface area (Å²) in [6.07, 6.45) is 6.70. The van der Waals surface area contributed by atoms with Crippen LogP contribution in [0.4, 0.5) is 11.5 Å². The molecule has 2 aliphatic rings. The molecule has 11 nitrogen and oxygen atoms in total. The Labute approximate surface area is 229 Å². The molecule has 3 aromatic rings. The van der Waals surface area contributed by atoms with E-state index in [1.54, 1.807) is 34.8 Å². The maximum Gasteiger partial charge on any atom is 0.245 e. The number of nitrogens with zero attached hydrogens (tertiary/aromatic N) is 5. The van der Waals surface area contributed by atoms with E-state index in [-0.39, 0.29) is 28.8 Å². The van der Waals surface area contributed by atoms with Crippen molar-refractivity contribution in [3.8, 4) is 0 Å². The molecule has 0 saturated carbocycles. The predicted octanol–water partition coefficient (Wildman–Crippen LogP) is 3.00. The molecule has 1 aromatic carbocycles. The summed E-state index contributed by atoms with van der Waals surface area (Å²) in [7, 11) is -3.68. The van der Waals surface area contributed by atoms with Gasteiger partial charge in [-0.1, -0.05) is 32.9 Å². The number of anilines is 2. The summed E-state index contributed by atoms with van der Waals surface area (Å²) in [6.45, 7) is 9.10. The molecule has 0 radical (unpaired) electrons. The third-order valence-electron chi connectivity index (χ3n) is 7.94. The van der Waals surface area contributed by atoms with Crippen LogP contribution in [-0.4, -0.2) is 77.6 Å². The van der Waals surface area contributed by atoms with Gasteiger partial charge in [-0.05, 0) is 49.1 Å².